The van der Waals surface area contributed by atoms with Crippen LogP contribution in [0.25, 0.3) is 0 Å². The normalized spacial score (nSPS) is 10.6. The summed E-state index contributed by atoms with van der Waals surface area (Å²) in [6.45, 7) is -0.306. The fraction of sp³-hybridized carbons (Fsp3) is 0.111. The monoisotopic (exact) mass is 256 g/mol. The van der Waals surface area contributed by atoms with Gasteiger partial charge in [-0.05, 0) is 17.4 Å². The summed E-state index contributed by atoms with van der Waals surface area (Å²) in [5, 5.41) is 22.1. The molecule has 1 aromatic rings. The molecule has 0 unspecified atom stereocenters. The first-order chi connectivity index (χ1) is 7.91. The third kappa shape index (κ3) is 3.42. The van der Waals surface area contributed by atoms with Crippen LogP contribution in [-0.2, 0) is 4.79 Å². The van der Waals surface area contributed by atoms with Gasteiger partial charge in [-0.1, -0.05) is 11.6 Å². The van der Waals surface area contributed by atoms with E-state index in [2.05, 4.69) is 4.99 Å². The number of nitrogens with zero attached hydrogens (tertiary/aromatic N) is 2. The van der Waals surface area contributed by atoms with E-state index in [0.717, 1.165) is 12.3 Å². The average Bonchev–Trinajstić information content (AvgIpc) is 2.21. The van der Waals surface area contributed by atoms with E-state index in [1.165, 1.54) is 6.07 Å². The zero-order chi connectivity index (χ0) is 13.0. The molecule has 7 nitrogen and oxygen atoms in total. The quantitative estimate of drug-likeness (QED) is 0.470. The molecule has 1 aromatic carbocycles. The Morgan fingerprint density at radius 3 is 2.76 bits per heavy atom. The summed E-state index contributed by atoms with van der Waals surface area (Å²) >= 11 is 5.61. The highest BCUT2D eigenvalue weighted by Crippen LogP contribution is 2.29. The smallest absolute Gasteiger partial charge is 0.263 e. The Bertz CT molecular complexity index is 501. The first-order valence-corrected chi connectivity index (χ1v) is 4.72. The number of primary amides is 1. The molecule has 0 aromatic heterocycles. The number of rotatable bonds is 4. The van der Waals surface area contributed by atoms with Gasteiger partial charge < -0.3 is 10.8 Å². The summed E-state index contributed by atoms with van der Waals surface area (Å²) in [7, 11) is 0. The molecule has 0 saturated carbocycles. The lowest BCUT2D eigenvalue weighted by Gasteiger charge is -2.10. The highest BCUT2D eigenvalue weighted by molar-refractivity contribution is 6.31. The number of hydrogen-bond acceptors (Lipinski definition) is 5. The Balaban J connectivity index is 3.11. The minimum atomic E-state index is -0.834. The fourth-order valence-corrected chi connectivity index (χ4v) is 1.29. The first kappa shape index (κ1) is 12.9. The van der Waals surface area contributed by atoms with Crippen molar-refractivity contribution in [2.24, 2.45) is 10.7 Å². The zero-order valence-corrected chi connectivity index (χ0v) is 9.18. The molecule has 1 rings (SSSR count). The number of hydrogen-bond donors (Lipinski definition) is 1. The molecule has 0 aliphatic heterocycles. The van der Waals surface area contributed by atoms with Crippen molar-refractivity contribution >= 4 is 29.4 Å². The fourth-order valence-electron chi connectivity index (χ4n) is 1.07. The van der Waals surface area contributed by atoms with E-state index in [0.29, 0.717) is 0 Å². The summed E-state index contributed by atoms with van der Waals surface area (Å²) in [5.74, 6) is -1.49. The van der Waals surface area contributed by atoms with Crippen LogP contribution in [0, 0.1) is 10.1 Å². The molecule has 0 atom stereocenters. The summed E-state index contributed by atoms with van der Waals surface area (Å²) in [4.78, 5) is 23.7. The molecule has 90 valence electrons. The van der Waals surface area contributed by atoms with Gasteiger partial charge in [-0.15, -0.1) is 0 Å². The number of nitro groups is 1. The maximum atomic E-state index is 11.5. The Morgan fingerprint density at radius 1 is 1.59 bits per heavy atom. The molecule has 0 radical (unpaired) electrons. The van der Waals surface area contributed by atoms with E-state index in [-0.39, 0.29) is 17.1 Å². The van der Waals surface area contributed by atoms with Gasteiger partial charge in [0.15, 0.2) is 0 Å². The van der Waals surface area contributed by atoms with Gasteiger partial charge >= 0.3 is 0 Å². The van der Waals surface area contributed by atoms with Crippen LogP contribution < -0.4 is 10.8 Å². The Morgan fingerprint density at radius 2 is 2.24 bits per heavy atom. The molecular formula is C9H7ClN3O4-. The van der Waals surface area contributed by atoms with Gasteiger partial charge in [0.05, 0.1) is 4.92 Å². The van der Waals surface area contributed by atoms with Crippen molar-refractivity contribution in [3.63, 3.8) is 0 Å². The molecule has 0 heterocycles. The molecule has 0 spiro atoms. The topological polar surface area (TPSA) is 122 Å². The van der Waals surface area contributed by atoms with Crippen molar-refractivity contribution in [3.8, 4) is 5.75 Å². The van der Waals surface area contributed by atoms with Crippen LogP contribution in [0.4, 0.5) is 5.69 Å². The van der Waals surface area contributed by atoms with Crippen LogP contribution in [0.3, 0.4) is 0 Å². The van der Waals surface area contributed by atoms with Crippen molar-refractivity contribution in [1.29, 1.82) is 0 Å². The van der Waals surface area contributed by atoms with Gasteiger partial charge in [0.1, 0.15) is 6.54 Å². The second-order valence-corrected chi connectivity index (χ2v) is 3.47. The number of carbonyl (C=O) groups is 1. The highest BCUT2D eigenvalue weighted by atomic mass is 35.5. The number of nitrogens with two attached hydrogens (primary N) is 1. The van der Waals surface area contributed by atoms with Crippen molar-refractivity contribution in [1.82, 2.24) is 0 Å². The minimum absolute atomic E-state index is 0.0387. The lowest BCUT2D eigenvalue weighted by Crippen LogP contribution is -2.14. The Kier molecular flexibility index (Phi) is 4.00. The van der Waals surface area contributed by atoms with E-state index in [1.54, 1.807) is 0 Å². The minimum Gasteiger partial charge on any atom is -0.867 e. The van der Waals surface area contributed by atoms with Crippen LogP contribution in [0.1, 0.15) is 5.56 Å². The van der Waals surface area contributed by atoms with Crippen LogP contribution >= 0.6 is 11.6 Å². The second kappa shape index (κ2) is 5.26. The number of aliphatic imine (C=N–C) groups is 1. The van der Waals surface area contributed by atoms with Crippen molar-refractivity contribution in [2.45, 2.75) is 0 Å². The first-order valence-electron chi connectivity index (χ1n) is 4.35. The van der Waals surface area contributed by atoms with Gasteiger partial charge in [0.25, 0.3) is 5.69 Å². The van der Waals surface area contributed by atoms with Gasteiger partial charge in [0.2, 0.25) is 5.91 Å². The van der Waals surface area contributed by atoms with Gasteiger partial charge in [-0.2, -0.15) is 0 Å². The molecule has 17 heavy (non-hydrogen) atoms. The lowest BCUT2D eigenvalue weighted by molar-refractivity contribution is -0.398. The van der Waals surface area contributed by atoms with Crippen LogP contribution in [0.5, 0.6) is 5.75 Å². The predicted molar refractivity (Wildman–Crippen MR) is 59.2 cm³/mol. The van der Waals surface area contributed by atoms with E-state index >= 15 is 0 Å². The number of amides is 1. The van der Waals surface area contributed by atoms with Gasteiger partial charge in [0, 0.05) is 17.3 Å². The molecule has 0 bridgehead atoms. The number of carbonyl (C=O) groups excluding carboxylic acids is 1. The molecule has 0 aliphatic carbocycles. The third-order valence-corrected chi connectivity index (χ3v) is 1.96. The Labute approximate surface area is 101 Å². The lowest BCUT2D eigenvalue weighted by atomic mass is 10.2. The number of halogens is 1. The van der Waals surface area contributed by atoms with E-state index in [9.17, 15) is 20.0 Å². The van der Waals surface area contributed by atoms with Crippen molar-refractivity contribution in [2.75, 3.05) is 6.54 Å². The molecule has 0 aliphatic rings. The van der Waals surface area contributed by atoms with E-state index in [1.807, 2.05) is 0 Å². The predicted octanol–water partition coefficient (Wildman–Crippen LogP) is 0.226. The molecule has 8 heteroatoms. The summed E-state index contributed by atoms with van der Waals surface area (Å²) in [6.07, 6.45) is 1.03. The van der Waals surface area contributed by atoms with Crippen molar-refractivity contribution < 1.29 is 14.8 Å². The molecule has 0 fully saturated rings. The average molecular weight is 257 g/mol. The molecule has 2 N–H and O–H groups in total. The third-order valence-electron chi connectivity index (χ3n) is 1.74. The van der Waals surface area contributed by atoms with Crippen LogP contribution in [0.15, 0.2) is 17.1 Å². The molecule has 1 amide bonds. The maximum Gasteiger partial charge on any atom is 0.263 e. The van der Waals surface area contributed by atoms with Gasteiger partial charge in [-0.25, -0.2) is 0 Å². The summed E-state index contributed by atoms with van der Waals surface area (Å²) in [6, 6.07) is 2.18. The van der Waals surface area contributed by atoms with Gasteiger partial charge in [-0.3, -0.25) is 19.9 Å². The van der Waals surface area contributed by atoms with E-state index in [4.69, 9.17) is 17.3 Å². The molecular weight excluding hydrogens is 250 g/mol. The highest BCUT2D eigenvalue weighted by Gasteiger charge is 2.11. The molecule has 0 saturated heterocycles. The second-order valence-electron chi connectivity index (χ2n) is 3.04. The standard InChI is InChI=1S/C9H8ClN3O4/c10-6-1-5(3-12-4-8(11)14)9(15)7(2-6)13(16)17/h1-3,15H,4H2,(H2,11,14)/p-1. The summed E-state index contributed by atoms with van der Waals surface area (Å²) < 4.78 is 0. The van der Waals surface area contributed by atoms with Crippen molar-refractivity contribution in [3.05, 3.63) is 32.8 Å². The van der Waals surface area contributed by atoms with Crippen LogP contribution in [0.2, 0.25) is 5.02 Å². The zero-order valence-electron chi connectivity index (χ0n) is 8.42. The Hall–Kier alpha value is -2.15. The van der Waals surface area contributed by atoms with Crippen LogP contribution in [-0.4, -0.2) is 23.6 Å². The number of benzene rings is 1. The van der Waals surface area contributed by atoms with E-state index < -0.39 is 22.3 Å². The largest absolute Gasteiger partial charge is 0.867 e. The maximum absolute atomic E-state index is 11.5. The summed E-state index contributed by atoms with van der Waals surface area (Å²) in [5.41, 5.74) is 4.13. The SMILES string of the molecule is NC(=O)CN=Cc1cc(Cl)cc([N+](=O)[O-])c1[O-]. The number of nitro benzene ring substituents is 1.